The molecule has 4 nitrogen and oxygen atoms in total. The van der Waals surface area contributed by atoms with Crippen LogP contribution in [0.2, 0.25) is 0 Å². The van der Waals surface area contributed by atoms with Crippen LogP contribution in [0.5, 0.6) is 0 Å². The first kappa shape index (κ1) is 15.3. The molecule has 1 N–H and O–H groups in total. The molecule has 3 aromatic rings. The fourth-order valence-electron chi connectivity index (χ4n) is 3.46. The molecule has 0 spiro atoms. The van der Waals surface area contributed by atoms with Gasteiger partial charge in [0.05, 0.1) is 5.56 Å². The van der Waals surface area contributed by atoms with Crippen LogP contribution in [0, 0.1) is 18.7 Å². The zero-order valence-corrected chi connectivity index (χ0v) is 13.8. The quantitative estimate of drug-likeness (QED) is 0.801. The average molecular weight is 324 g/mol. The van der Waals surface area contributed by atoms with Crippen LogP contribution in [0.15, 0.2) is 36.5 Å². The molecule has 1 fully saturated rings. The summed E-state index contributed by atoms with van der Waals surface area (Å²) in [7, 11) is 0. The molecule has 0 amide bonds. The van der Waals surface area contributed by atoms with Gasteiger partial charge in [-0.05, 0) is 62.5 Å². The second kappa shape index (κ2) is 6.32. The van der Waals surface area contributed by atoms with Gasteiger partial charge in [0.15, 0.2) is 5.65 Å². The van der Waals surface area contributed by atoms with Crippen LogP contribution >= 0.6 is 0 Å². The molecule has 1 aromatic carbocycles. The largest absolute Gasteiger partial charge is 0.317 e. The minimum absolute atomic E-state index is 0.240. The number of aromatic nitrogens is 3. The fraction of sp³-hybridized carbons (Fsp3) is 0.368. The maximum atomic E-state index is 14.4. The highest BCUT2D eigenvalue weighted by Crippen LogP contribution is 2.28. The summed E-state index contributed by atoms with van der Waals surface area (Å²) in [6.07, 6.45) is 4.11. The van der Waals surface area contributed by atoms with Gasteiger partial charge >= 0.3 is 0 Å². The van der Waals surface area contributed by atoms with E-state index in [2.05, 4.69) is 14.9 Å². The standard InChI is InChI=1S/C19H21FN4/c1-13-10-17-19(22-11-13)24(12-14-6-8-21-9-7-14)18(23-17)15-4-2-3-5-16(15)20/h2-5,10-11,14,21H,6-9,12H2,1H3. The van der Waals surface area contributed by atoms with Crippen molar-refractivity contribution in [1.29, 1.82) is 0 Å². The maximum Gasteiger partial charge on any atom is 0.160 e. The Morgan fingerprint density at radius 1 is 1.25 bits per heavy atom. The molecule has 1 aliphatic heterocycles. The van der Waals surface area contributed by atoms with E-state index >= 15 is 0 Å². The number of pyridine rings is 1. The third-order valence-electron chi connectivity index (χ3n) is 4.74. The van der Waals surface area contributed by atoms with Gasteiger partial charge in [0.2, 0.25) is 0 Å². The van der Waals surface area contributed by atoms with E-state index in [1.165, 1.54) is 6.07 Å². The number of fused-ring (bicyclic) bond motifs is 1. The van der Waals surface area contributed by atoms with Crippen LogP contribution in [-0.4, -0.2) is 27.6 Å². The summed E-state index contributed by atoms with van der Waals surface area (Å²) in [5.74, 6) is 1.01. The van der Waals surface area contributed by atoms with Crippen molar-refractivity contribution >= 4 is 11.2 Å². The van der Waals surface area contributed by atoms with E-state index in [-0.39, 0.29) is 5.82 Å². The molecular weight excluding hydrogens is 303 g/mol. The first-order chi connectivity index (χ1) is 11.7. The minimum atomic E-state index is -0.240. The minimum Gasteiger partial charge on any atom is -0.317 e. The summed E-state index contributed by atoms with van der Waals surface area (Å²) >= 11 is 0. The highest BCUT2D eigenvalue weighted by molar-refractivity contribution is 5.77. The van der Waals surface area contributed by atoms with Crippen LogP contribution in [0.1, 0.15) is 18.4 Å². The van der Waals surface area contributed by atoms with Crippen LogP contribution in [-0.2, 0) is 6.54 Å². The number of hydrogen-bond donors (Lipinski definition) is 1. The number of piperidine rings is 1. The monoisotopic (exact) mass is 324 g/mol. The van der Waals surface area contributed by atoms with Crippen molar-refractivity contribution in [2.24, 2.45) is 5.92 Å². The molecule has 5 heteroatoms. The van der Waals surface area contributed by atoms with Crippen molar-refractivity contribution in [1.82, 2.24) is 19.9 Å². The van der Waals surface area contributed by atoms with E-state index in [1.807, 2.05) is 25.3 Å². The zero-order chi connectivity index (χ0) is 16.5. The van der Waals surface area contributed by atoms with Gasteiger partial charge in [0.1, 0.15) is 17.2 Å². The molecule has 1 aliphatic rings. The Kier molecular flexibility index (Phi) is 4.02. The molecule has 1 saturated heterocycles. The van der Waals surface area contributed by atoms with Gasteiger partial charge in [-0.1, -0.05) is 12.1 Å². The number of imidazole rings is 1. The van der Waals surface area contributed by atoms with Gasteiger partial charge < -0.3 is 9.88 Å². The van der Waals surface area contributed by atoms with Gasteiger partial charge in [-0.3, -0.25) is 0 Å². The van der Waals surface area contributed by atoms with Crippen molar-refractivity contribution in [2.45, 2.75) is 26.3 Å². The second-order valence-corrected chi connectivity index (χ2v) is 6.57. The van der Waals surface area contributed by atoms with Crippen molar-refractivity contribution < 1.29 is 4.39 Å². The van der Waals surface area contributed by atoms with Crippen molar-refractivity contribution in [3.8, 4) is 11.4 Å². The summed E-state index contributed by atoms with van der Waals surface area (Å²) in [5, 5.41) is 3.39. The molecule has 0 atom stereocenters. The normalized spacial score (nSPS) is 15.9. The van der Waals surface area contributed by atoms with Gasteiger partial charge in [0.25, 0.3) is 0 Å². The molecule has 0 aliphatic carbocycles. The van der Waals surface area contributed by atoms with Gasteiger partial charge in [-0.25, -0.2) is 14.4 Å². The number of nitrogens with one attached hydrogen (secondary N) is 1. The Balaban J connectivity index is 1.85. The molecule has 0 unspecified atom stereocenters. The molecule has 24 heavy (non-hydrogen) atoms. The number of aryl methyl sites for hydroxylation is 1. The zero-order valence-electron chi connectivity index (χ0n) is 13.8. The summed E-state index contributed by atoms with van der Waals surface area (Å²) in [6, 6.07) is 8.86. The van der Waals surface area contributed by atoms with Crippen molar-refractivity contribution in [3.63, 3.8) is 0 Å². The SMILES string of the molecule is Cc1cnc2c(c1)nc(-c1ccccc1F)n2CC1CCNCC1. The fourth-order valence-corrected chi connectivity index (χ4v) is 3.46. The lowest BCUT2D eigenvalue weighted by Gasteiger charge is -2.24. The van der Waals surface area contributed by atoms with E-state index in [0.29, 0.717) is 17.3 Å². The molecular formula is C19H21FN4. The average Bonchev–Trinajstić information content (AvgIpc) is 2.93. The number of benzene rings is 1. The van der Waals surface area contributed by atoms with Gasteiger partial charge in [-0.2, -0.15) is 0 Å². The smallest absolute Gasteiger partial charge is 0.160 e. The Labute approximate surface area is 140 Å². The summed E-state index contributed by atoms with van der Waals surface area (Å²) in [4.78, 5) is 9.30. The van der Waals surface area contributed by atoms with Crippen LogP contribution in [0.4, 0.5) is 4.39 Å². The first-order valence-corrected chi connectivity index (χ1v) is 8.51. The van der Waals surface area contributed by atoms with E-state index < -0.39 is 0 Å². The molecule has 0 radical (unpaired) electrons. The Bertz CT molecular complexity index is 865. The number of rotatable bonds is 3. The first-order valence-electron chi connectivity index (χ1n) is 8.51. The van der Waals surface area contributed by atoms with Crippen molar-refractivity contribution in [2.75, 3.05) is 13.1 Å². The lowest BCUT2D eigenvalue weighted by atomic mass is 9.98. The van der Waals surface area contributed by atoms with Crippen LogP contribution in [0.3, 0.4) is 0 Å². The van der Waals surface area contributed by atoms with Crippen LogP contribution < -0.4 is 5.32 Å². The Hall–Kier alpha value is -2.27. The van der Waals surface area contributed by atoms with E-state index in [1.54, 1.807) is 12.1 Å². The van der Waals surface area contributed by atoms with Gasteiger partial charge in [0, 0.05) is 12.7 Å². The van der Waals surface area contributed by atoms with Crippen molar-refractivity contribution in [3.05, 3.63) is 47.9 Å². The second-order valence-electron chi connectivity index (χ2n) is 6.57. The molecule has 3 heterocycles. The maximum absolute atomic E-state index is 14.4. The number of halogens is 1. The molecule has 4 rings (SSSR count). The topological polar surface area (TPSA) is 42.7 Å². The summed E-state index contributed by atoms with van der Waals surface area (Å²) < 4.78 is 16.5. The Morgan fingerprint density at radius 2 is 2.04 bits per heavy atom. The van der Waals surface area contributed by atoms with Gasteiger partial charge in [-0.15, -0.1) is 0 Å². The molecule has 124 valence electrons. The third-order valence-corrected chi connectivity index (χ3v) is 4.74. The van der Waals surface area contributed by atoms with E-state index in [0.717, 1.165) is 49.2 Å². The summed E-state index contributed by atoms with van der Waals surface area (Å²) in [6.45, 7) is 4.91. The summed E-state index contributed by atoms with van der Waals surface area (Å²) in [5.41, 5.74) is 3.29. The predicted molar refractivity (Wildman–Crippen MR) is 93.3 cm³/mol. The third kappa shape index (κ3) is 2.80. The highest BCUT2D eigenvalue weighted by atomic mass is 19.1. The predicted octanol–water partition coefficient (Wildman–Crippen LogP) is 3.55. The highest BCUT2D eigenvalue weighted by Gasteiger charge is 2.21. The molecule has 2 aromatic heterocycles. The van der Waals surface area contributed by atoms with E-state index in [4.69, 9.17) is 4.98 Å². The molecule has 0 saturated carbocycles. The Morgan fingerprint density at radius 3 is 2.83 bits per heavy atom. The number of nitrogens with zero attached hydrogens (tertiary/aromatic N) is 3. The van der Waals surface area contributed by atoms with Crippen LogP contribution in [0.25, 0.3) is 22.6 Å². The van der Waals surface area contributed by atoms with E-state index in [9.17, 15) is 4.39 Å². The lowest BCUT2D eigenvalue weighted by molar-refractivity contribution is 0.337. The molecule has 0 bridgehead atoms. The lowest BCUT2D eigenvalue weighted by Crippen LogP contribution is -2.30. The number of hydrogen-bond acceptors (Lipinski definition) is 3.